The standard InChI is InChI=1S/C20H19N3O5S/c1-23-14-7-8-21-11-13(14)18(25)17(20(23)27)15(24)5-3-12-4-6-16(29-12)19(26)22-9-10-28-2/h3-8,11,17H,9-10H2,1-2H3,(H,22,26)/b5-3+. The maximum Gasteiger partial charge on any atom is 0.261 e. The van der Waals surface area contributed by atoms with Crippen LogP contribution in [0.4, 0.5) is 5.69 Å². The SMILES string of the molecule is COCCNC(=O)c1ccc(/C=C/C(=O)C2C(=O)c3cnccc3N(C)C2=O)s1. The number of amides is 2. The maximum atomic E-state index is 12.6. The van der Waals surface area contributed by atoms with E-state index < -0.39 is 23.4 Å². The fourth-order valence-corrected chi connectivity index (χ4v) is 3.71. The van der Waals surface area contributed by atoms with Gasteiger partial charge in [-0.1, -0.05) is 0 Å². The Morgan fingerprint density at radius 3 is 2.86 bits per heavy atom. The number of carbonyl (C=O) groups excluding carboxylic acids is 4. The van der Waals surface area contributed by atoms with Gasteiger partial charge in [0, 0.05) is 38.0 Å². The van der Waals surface area contributed by atoms with Crippen molar-refractivity contribution < 1.29 is 23.9 Å². The van der Waals surface area contributed by atoms with Crippen molar-refractivity contribution >= 4 is 46.5 Å². The van der Waals surface area contributed by atoms with E-state index in [1.54, 1.807) is 25.3 Å². The molecule has 0 saturated carbocycles. The molecule has 1 unspecified atom stereocenters. The van der Waals surface area contributed by atoms with E-state index in [2.05, 4.69) is 10.3 Å². The normalized spacial score (nSPS) is 16.2. The van der Waals surface area contributed by atoms with Gasteiger partial charge < -0.3 is 15.0 Å². The molecule has 1 atom stereocenters. The molecule has 0 bridgehead atoms. The molecule has 0 aromatic carbocycles. The van der Waals surface area contributed by atoms with Gasteiger partial charge in [0.25, 0.3) is 5.91 Å². The first-order valence-electron chi connectivity index (χ1n) is 8.78. The summed E-state index contributed by atoms with van der Waals surface area (Å²) < 4.78 is 4.88. The summed E-state index contributed by atoms with van der Waals surface area (Å²) in [6.45, 7) is 0.807. The van der Waals surface area contributed by atoms with Gasteiger partial charge >= 0.3 is 0 Å². The number of hydrogen-bond acceptors (Lipinski definition) is 7. The van der Waals surface area contributed by atoms with Gasteiger partial charge in [-0.2, -0.15) is 0 Å². The van der Waals surface area contributed by atoms with Crippen molar-refractivity contribution in [3.63, 3.8) is 0 Å². The Morgan fingerprint density at radius 1 is 1.31 bits per heavy atom. The summed E-state index contributed by atoms with van der Waals surface area (Å²) in [5, 5.41) is 2.71. The van der Waals surface area contributed by atoms with Crippen LogP contribution in [0.15, 0.2) is 36.7 Å². The van der Waals surface area contributed by atoms with Gasteiger partial charge in [-0.05, 0) is 30.4 Å². The first-order valence-corrected chi connectivity index (χ1v) is 9.60. The number of thiophene rings is 1. The number of ether oxygens (including phenoxy) is 1. The van der Waals surface area contributed by atoms with Gasteiger partial charge in [0.2, 0.25) is 5.91 Å². The molecule has 0 saturated heterocycles. The molecular weight excluding hydrogens is 394 g/mol. The molecular formula is C20H19N3O5S. The van der Waals surface area contributed by atoms with Crippen molar-refractivity contribution in [2.45, 2.75) is 0 Å². The highest BCUT2D eigenvalue weighted by molar-refractivity contribution is 7.14. The van der Waals surface area contributed by atoms with Crippen molar-refractivity contribution in [3.05, 3.63) is 52.0 Å². The van der Waals surface area contributed by atoms with Gasteiger partial charge in [0.05, 0.1) is 22.7 Å². The fraction of sp³-hybridized carbons (Fsp3) is 0.250. The number of ketones is 2. The summed E-state index contributed by atoms with van der Waals surface area (Å²) in [7, 11) is 3.07. The van der Waals surface area contributed by atoms with Gasteiger partial charge in [-0.25, -0.2) is 0 Å². The van der Waals surface area contributed by atoms with Crippen LogP contribution in [0.2, 0.25) is 0 Å². The van der Waals surface area contributed by atoms with Crippen LogP contribution < -0.4 is 10.2 Å². The number of aromatic nitrogens is 1. The predicted molar refractivity (Wildman–Crippen MR) is 108 cm³/mol. The molecule has 0 aliphatic carbocycles. The van der Waals surface area contributed by atoms with Crippen molar-refractivity contribution in [2.24, 2.45) is 5.92 Å². The summed E-state index contributed by atoms with van der Waals surface area (Å²) in [5.41, 5.74) is 0.679. The summed E-state index contributed by atoms with van der Waals surface area (Å²) >= 11 is 1.20. The first-order chi connectivity index (χ1) is 13.9. The van der Waals surface area contributed by atoms with E-state index in [9.17, 15) is 19.2 Å². The van der Waals surface area contributed by atoms with E-state index in [1.807, 2.05) is 0 Å². The second-order valence-corrected chi connectivity index (χ2v) is 7.39. The highest BCUT2D eigenvalue weighted by Gasteiger charge is 2.41. The van der Waals surface area contributed by atoms with Crippen LogP contribution in [-0.4, -0.2) is 55.7 Å². The number of nitrogens with one attached hydrogen (secondary N) is 1. The molecule has 1 N–H and O–H groups in total. The second kappa shape index (κ2) is 8.89. The molecule has 9 heteroatoms. The Bertz CT molecular complexity index is 998. The summed E-state index contributed by atoms with van der Waals surface area (Å²) in [4.78, 5) is 56.1. The molecule has 29 heavy (non-hydrogen) atoms. The van der Waals surface area contributed by atoms with Crippen molar-refractivity contribution in [3.8, 4) is 0 Å². The lowest BCUT2D eigenvalue weighted by Gasteiger charge is -2.28. The van der Waals surface area contributed by atoms with E-state index in [1.165, 1.54) is 47.8 Å². The Kier molecular flexibility index (Phi) is 6.30. The Labute approximate surface area is 171 Å². The Morgan fingerprint density at radius 2 is 2.10 bits per heavy atom. The number of anilines is 1. The number of carbonyl (C=O) groups is 4. The predicted octanol–water partition coefficient (Wildman–Crippen LogP) is 1.58. The minimum absolute atomic E-state index is 0.235. The van der Waals surface area contributed by atoms with Crippen LogP contribution >= 0.6 is 11.3 Å². The monoisotopic (exact) mass is 413 g/mol. The van der Waals surface area contributed by atoms with E-state index >= 15 is 0 Å². The number of pyridine rings is 1. The van der Waals surface area contributed by atoms with Crippen LogP contribution in [-0.2, 0) is 14.3 Å². The van der Waals surface area contributed by atoms with E-state index in [4.69, 9.17) is 4.74 Å². The Hall–Kier alpha value is -3.17. The van der Waals surface area contributed by atoms with Gasteiger partial charge in [-0.3, -0.25) is 24.2 Å². The van der Waals surface area contributed by atoms with Gasteiger partial charge in [-0.15, -0.1) is 11.3 Å². The van der Waals surface area contributed by atoms with Gasteiger partial charge in [0.15, 0.2) is 17.5 Å². The number of nitrogens with zero attached hydrogens (tertiary/aromatic N) is 2. The number of methoxy groups -OCH3 is 1. The van der Waals surface area contributed by atoms with E-state index in [0.29, 0.717) is 28.6 Å². The molecule has 2 aromatic rings. The lowest BCUT2D eigenvalue weighted by molar-refractivity contribution is -0.128. The molecule has 0 fully saturated rings. The zero-order valence-corrected chi connectivity index (χ0v) is 16.7. The zero-order valence-electron chi connectivity index (χ0n) is 15.9. The average Bonchev–Trinajstić information content (AvgIpc) is 3.20. The number of Topliss-reactive ketones (excluding diaryl/α,β-unsaturated/α-hetero) is 1. The van der Waals surface area contributed by atoms with Crippen LogP contribution in [0.25, 0.3) is 6.08 Å². The lowest BCUT2D eigenvalue weighted by atomic mass is 9.88. The summed E-state index contributed by atoms with van der Waals surface area (Å²) in [5.74, 6) is -3.41. The Balaban J connectivity index is 1.72. The quantitative estimate of drug-likeness (QED) is 0.420. The first kappa shape index (κ1) is 20.6. The van der Waals surface area contributed by atoms with Crippen LogP contribution in [0, 0.1) is 5.92 Å². The van der Waals surface area contributed by atoms with E-state index in [0.717, 1.165) is 0 Å². The molecule has 2 aromatic heterocycles. The highest BCUT2D eigenvalue weighted by atomic mass is 32.1. The minimum Gasteiger partial charge on any atom is -0.383 e. The number of hydrogen-bond donors (Lipinski definition) is 1. The van der Waals surface area contributed by atoms with Crippen molar-refractivity contribution in [1.82, 2.24) is 10.3 Å². The number of rotatable bonds is 7. The molecule has 8 nitrogen and oxygen atoms in total. The number of fused-ring (bicyclic) bond motifs is 1. The number of allylic oxidation sites excluding steroid dienone is 1. The van der Waals surface area contributed by atoms with Crippen LogP contribution in [0.1, 0.15) is 24.9 Å². The second-order valence-electron chi connectivity index (χ2n) is 6.27. The molecule has 0 spiro atoms. The smallest absolute Gasteiger partial charge is 0.261 e. The topological polar surface area (TPSA) is 106 Å². The molecule has 3 heterocycles. The minimum atomic E-state index is -1.43. The largest absolute Gasteiger partial charge is 0.383 e. The summed E-state index contributed by atoms with van der Waals surface area (Å²) in [6, 6.07) is 4.89. The zero-order chi connectivity index (χ0) is 21.0. The molecule has 1 aliphatic heterocycles. The van der Waals surface area contributed by atoms with Crippen molar-refractivity contribution in [1.29, 1.82) is 0 Å². The third-order valence-corrected chi connectivity index (χ3v) is 5.45. The van der Waals surface area contributed by atoms with Crippen molar-refractivity contribution in [2.75, 3.05) is 32.2 Å². The third kappa shape index (κ3) is 4.30. The molecule has 150 valence electrons. The van der Waals surface area contributed by atoms with Gasteiger partial charge in [0.1, 0.15) is 0 Å². The maximum absolute atomic E-state index is 12.6. The van der Waals surface area contributed by atoms with Crippen LogP contribution in [0.5, 0.6) is 0 Å². The molecule has 3 rings (SSSR count). The third-order valence-electron chi connectivity index (χ3n) is 4.40. The van der Waals surface area contributed by atoms with Crippen LogP contribution in [0.3, 0.4) is 0 Å². The average molecular weight is 413 g/mol. The van der Waals surface area contributed by atoms with E-state index in [-0.39, 0.29) is 11.5 Å². The fourth-order valence-electron chi connectivity index (χ4n) is 2.88. The highest BCUT2D eigenvalue weighted by Crippen LogP contribution is 2.29. The molecule has 2 amide bonds. The lowest BCUT2D eigenvalue weighted by Crippen LogP contribution is -2.45. The molecule has 1 aliphatic rings. The molecule has 0 radical (unpaired) electrons. The summed E-state index contributed by atoms with van der Waals surface area (Å²) in [6.07, 6.45) is 5.54.